The van der Waals surface area contributed by atoms with Gasteiger partial charge in [-0.1, -0.05) is 11.8 Å². The van der Waals surface area contributed by atoms with E-state index in [1.807, 2.05) is 0 Å². The summed E-state index contributed by atoms with van der Waals surface area (Å²) in [5, 5.41) is 11.4. The topological polar surface area (TPSA) is 107 Å². The quantitative estimate of drug-likeness (QED) is 0.776. The van der Waals surface area contributed by atoms with E-state index in [4.69, 9.17) is 4.42 Å². The number of rotatable bonds is 5. The fourth-order valence-electron chi connectivity index (χ4n) is 2.37. The van der Waals surface area contributed by atoms with Crippen molar-refractivity contribution in [3.05, 3.63) is 18.4 Å². The van der Waals surface area contributed by atoms with Crippen LogP contribution in [-0.2, 0) is 21.7 Å². The van der Waals surface area contributed by atoms with E-state index in [-0.39, 0.29) is 29.2 Å². The zero-order chi connectivity index (χ0) is 16.4. The lowest BCUT2D eigenvalue weighted by molar-refractivity contribution is -0.119. The third kappa shape index (κ3) is 3.75. The van der Waals surface area contributed by atoms with Gasteiger partial charge in [0.1, 0.15) is 0 Å². The van der Waals surface area contributed by atoms with Gasteiger partial charge in [-0.05, 0) is 18.6 Å². The maximum atomic E-state index is 11.9. The highest BCUT2D eigenvalue weighted by atomic mass is 32.2. The smallest absolute Gasteiger partial charge is 0.230 e. The van der Waals surface area contributed by atoms with E-state index >= 15 is 0 Å². The molecular formula is C13H16N4O4S2. The molecule has 0 aromatic carbocycles. The van der Waals surface area contributed by atoms with Gasteiger partial charge in [0.25, 0.3) is 0 Å². The molecule has 1 amide bonds. The van der Waals surface area contributed by atoms with Crippen LogP contribution in [0.2, 0.25) is 0 Å². The minimum atomic E-state index is -3.00. The van der Waals surface area contributed by atoms with Crippen LogP contribution in [0.3, 0.4) is 0 Å². The van der Waals surface area contributed by atoms with Crippen LogP contribution < -0.4 is 5.32 Å². The van der Waals surface area contributed by atoms with E-state index in [9.17, 15) is 13.2 Å². The second-order valence-electron chi connectivity index (χ2n) is 5.30. The standard InChI is InChI=1S/C13H16N4O4S2/c1-17-12(10-3-2-5-21-10)15-16-13(17)22-7-11(18)14-9-4-6-23(19,20)8-9/h2-3,5,9H,4,6-8H2,1H3,(H,14,18). The number of amides is 1. The van der Waals surface area contributed by atoms with Crippen LogP contribution in [0, 0.1) is 0 Å². The number of hydrogen-bond donors (Lipinski definition) is 1. The largest absolute Gasteiger partial charge is 0.461 e. The molecule has 1 fully saturated rings. The molecule has 3 heterocycles. The van der Waals surface area contributed by atoms with Crippen LogP contribution in [0.15, 0.2) is 28.0 Å². The maximum Gasteiger partial charge on any atom is 0.230 e. The molecule has 0 bridgehead atoms. The molecule has 23 heavy (non-hydrogen) atoms. The molecule has 0 saturated carbocycles. The maximum absolute atomic E-state index is 11.9. The molecule has 1 aliphatic heterocycles. The zero-order valence-electron chi connectivity index (χ0n) is 12.4. The Hall–Kier alpha value is -1.81. The fraction of sp³-hybridized carbons (Fsp3) is 0.462. The molecule has 0 aliphatic carbocycles. The molecule has 1 unspecified atom stereocenters. The minimum Gasteiger partial charge on any atom is -0.461 e. The number of nitrogens with zero attached hydrogens (tertiary/aromatic N) is 3. The Morgan fingerprint density at radius 3 is 3.00 bits per heavy atom. The molecule has 1 N–H and O–H groups in total. The van der Waals surface area contributed by atoms with Gasteiger partial charge in [0.05, 0.1) is 23.5 Å². The Balaban J connectivity index is 1.56. The first-order valence-corrected chi connectivity index (χ1v) is 9.81. The van der Waals surface area contributed by atoms with Gasteiger partial charge >= 0.3 is 0 Å². The Kier molecular flexibility index (Phi) is 4.44. The third-order valence-corrected chi connectivity index (χ3v) is 6.29. The van der Waals surface area contributed by atoms with Crippen LogP contribution in [-0.4, -0.2) is 52.4 Å². The molecule has 124 valence electrons. The van der Waals surface area contributed by atoms with Crippen molar-refractivity contribution in [3.8, 4) is 11.6 Å². The van der Waals surface area contributed by atoms with Gasteiger partial charge in [-0.25, -0.2) is 8.42 Å². The number of carbonyl (C=O) groups excluding carboxylic acids is 1. The van der Waals surface area contributed by atoms with Gasteiger partial charge in [-0.15, -0.1) is 10.2 Å². The number of sulfone groups is 1. The van der Waals surface area contributed by atoms with Crippen molar-refractivity contribution in [2.24, 2.45) is 7.05 Å². The van der Waals surface area contributed by atoms with Gasteiger partial charge in [0.15, 0.2) is 26.6 Å². The van der Waals surface area contributed by atoms with Crippen molar-refractivity contribution in [3.63, 3.8) is 0 Å². The second-order valence-corrected chi connectivity index (χ2v) is 8.47. The summed E-state index contributed by atoms with van der Waals surface area (Å²) in [4.78, 5) is 11.9. The molecule has 10 heteroatoms. The fourth-order valence-corrected chi connectivity index (χ4v) is 4.76. The monoisotopic (exact) mass is 356 g/mol. The van der Waals surface area contributed by atoms with Crippen LogP contribution in [0.5, 0.6) is 0 Å². The SMILES string of the molecule is Cn1c(SCC(=O)NC2CCS(=O)(=O)C2)nnc1-c1ccco1. The number of carbonyl (C=O) groups is 1. The van der Waals surface area contributed by atoms with Gasteiger partial charge in [0.2, 0.25) is 5.91 Å². The molecule has 1 saturated heterocycles. The highest BCUT2D eigenvalue weighted by Crippen LogP contribution is 2.22. The average molecular weight is 356 g/mol. The molecule has 1 atom stereocenters. The molecule has 3 rings (SSSR count). The van der Waals surface area contributed by atoms with E-state index in [0.29, 0.717) is 23.2 Å². The molecular weight excluding hydrogens is 340 g/mol. The second kappa shape index (κ2) is 6.36. The molecule has 2 aromatic rings. The molecule has 8 nitrogen and oxygen atoms in total. The number of thioether (sulfide) groups is 1. The van der Waals surface area contributed by atoms with Crippen molar-refractivity contribution < 1.29 is 17.6 Å². The summed E-state index contributed by atoms with van der Waals surface area (Å²) in [6.45, 7) is 0. The first-order valence-electron chi connectivity index (χ1n) is 7.00. The van der Waals surface area contributed by atoms with E-state index in [0.717, 1.165) is 0 Å². The number of hydrogen-bond acceptors (Lipinski definition) is 7. The summed E-state index contributed by atoms with van der Waals surface area (Å²) in [6.07, 6.45) is 2.03. The summed E-state index contributed by atoms with van der Waals surface area (Å²) >= 11 is 1.24. The van der Waals surface area contributed by atoms with Crippen molar-refractivity contribution in [1.82, 2.24) is 20.1 Å². The first-order chi connectivity index (χ1) is 10.9. The van der Waals surface area contributed by atoms with Crippen LogP contribution in [0.4, 0.5) is 0 Å². The van der Waals surface area contributed by atoms with Crippen LogP contribution in [0.1, 0.15) is 6.42 Å². The lowest BCUT2D eigenvalue weighted by Crippen LogP contribution is -2.36. The van der Waals surface area contributed by atoms with Crippen molar-refractivity contribution in [2.45, 2.75) is 17.6 Å². The Labute approximate surface area is 137 Å². The van der Waals surface area contributed by atoms with Crippen molar-refractivity contribution in [1.29, 1.82) is 0 Å². The van der Waals surface area contributed by atoms with E-state index < -0.39 is 9.84 Å². The molecule has 2 aromatic heterocycles. The normalized spacial score (nSPS) is 19.8. The predicted octanol–water partition coefficient (Wildman–Crippen LogP) is 0.470. The minimum absolute atomic E-state index is 0.0238. The number of nitrogens with one attached hydrogen (secondary N) is 1. The summed E-state index contributed by atoms with van der Waals surface area (Å²) in [7, 11) is -1.20. The summed E-state index contributed by atoms with van der Waals surface area (Å²) in [5.41, 5.74) is 0. The third-order valence-electron chi connectivity index (χ3n) is 3.51. The predicted molar refractivity (Wildman–Crippen MR) is 84.6 cm³/mol. The first kappa shape index (κ1) is 16.1. The average Bonchev–Trinajstić information content (AvgIpc) is 3.18. The van der Waals surface area contributed by atoms with Gasteiger partial charge in [-0.3, -0.25) is 4.79 Å². The van der Waals surface area contributed by atoms with E-state index in [1.165, 1.54) is 11.8 Å². The Morgan fingerprint density at radius 2 is 2.35 bits per heavy atom. The molecule has 0 spiro atoms. The van der Waals surface area contributed by atoms with Gasteiger partial charge < -0.3 is 14.3 Å². The Bertz CT molecular complexity index is 798. The van der Waals surface area contributed by atoms with Gasteiger partial charge in [-0.2, -0.15) is 0 Å². The highest BCUT2D eigenvalue weighted by molar-refractivity contribution is 7.99. The number of furan rings is 1. The summed E-state index contributed by atoms with van der Waals surface area (Å²) in [5.74, 6) is 1.30. The van der Waals surface area contributed by atoms with E-state index in [1.54, 1.807) is 30.0 Å². The van der Waals surface area contributed by atoms with E-state index in [2.05, 4.69) is 15.5 Å². The van der Waals surface area contributed by atoms with Gasteiger partial charge in [0, 0.05) is 13.1 Å². The van der Waals surface area contributed by atoms with Crippen LogP contribution in [0.25, 0.3) is 11.6 Å². The van der Waals surface area contributed by atoms with Crippen LogP contribution >= 0.6 is 11.8 Å². The lowest BCUT2D eigenvalue weighted by Gasteiger charge is -2.10. The zero-order valence-corrected chi connectivity index (χ0v) is 14.1. The summed E-state index contributed by atoms with van der Waals surface area (Å²) < 4.78 is 29.8. The molecule has 1 aliphatic rings. The lowest BCUT2D eigenvalue weighted by atomic mass is 10.3. The molecule has 0 radical (unpaired) electrons. The van der Waals surface area contributed by atoms with Crippen molar-refractivity contribution >= 4 is 27.5 Å². The highest BCUT2D eigenvalue weighted by Gasteiger charge is 2.28. The summed E-state index contributed by atoms with van der Waals surface area (Å²) in [6, 6.07) is 3.26. The Morgan fingerprint density at radius 1 is 1.52 bits per heavy atom. The number of aromatic nitrogens is 3. The van der Waals surface area contributed by atoms with Crippen molar-refractivity contribution in [2.75, 3.05) is 17.3 Å².